The number of rotatable bonds is 11. The van der Waals surface area contributed by atoms with E-state index in [0.717, 1.165) is 18.3 Å². The van der Waals surface area contributed by atoms with Crippen molar-refractivity contribution in [2.45, 2.75) is 30.6 Å². The molecule has 0 spiro atoms. The summed E-state index contributed by atoms with van der Waals surface area (Å²) < 4.78 is 47.5. The van der Waals surface area contributed by atoms with Crippen LogP contribution in [0.3, 0.4) is 0 Å². The van der Waals surface area contributed by atoms with Crippen molar-refractivity contribution in [3.63, 3.8) is 0 Å². The highest BCUT2D eigenvalue weighted by Crippen LogP contribution is 2.33. The van der Waals surface area contributed by atoms with Crippen LogP contribution in [0.5, 0.6) is 5.75 Å². The highest BCUT2D eigenvalue weighted by molar-refractivity contribution is 7.99. The molecule has 1 saturated heterocycles. The number of piperidine rings is 1. The van der Waals surface area contributed by atoms with Crippen LogP contribution in [0.4, 0.5) is 13.2 Å². The second-order valence-electron chi connectivity index (χ2n) is 9.58. The SMILES string of the molecule is COc1ccc2ncc(F)c(/C(CCC3CCN(CCSc4cc(F)ccc4F)CC3CC(=O)O)=N\O)c2c1. The van der Waals surface area contributed by atoms with Gasteiger partial charge in [0.1, 0.15) is 17.4 Å². The molecule has 2 heterocycles. The summed E-state index contributed by atoms with van der Waals surface area (Å²) in [5.74, 6) is -1.58. The zero-order valence-corrected chi connectivity index (χ0v) is 22.3. The Morgan fingerprint density at radius 3 is 2.74 bits per heavy atom. The fourth-order valence-corrected chi connectivity index (χ4v) is 6.15. The maximum Gasteiger partial charge on any atom is 0.303 e. The van der Waals surface area contributed by atoms with Crippen LogP contribution in [0, 0.1) is 29.3 Å². The minimum atomic E-state index is -0.905. The van der Waals surface area contributed by atoms with Crippen LogP contribution in [0.2, 0.25) is 0 Å². The molecule has 0 bridgehead atoms. The third kappa shape index (κ3) is 7.21. The number of pyridine rings is 1. The van der Waals surface area contributed by atoms with Gasteiger partial charge in [0.2, 0.25) is 0 Å². The number of aromatic nitrogens is 1. The highest BCUT2D eigenvalue weighted by Gasteiger charge is 2.31. The summed E-state index contributed by atoms with van der Waals surface area (Å²) in [6.45, 7) is 1.85. The maximum atomic E-state index is 14.9. The number of halogens is 3. The summed E-state index contributed by atoms with van der Waals surface area (Å²) in [7, 11) is 1.50. The lowest BCUT2D eigenvalue weighted by Crippen LogP contribution is -2.42. The van der Waals surface area contributed by atoms with Crippen molar-refractivity contribution in [1.82, 2.24) is 9.88 Å². The second kappa shape index (κ2) is 13.2. The molecule has 2 aromatic carbocycles. The monoisotopic (exact) mass is 561 g/mol. The van der Waals surface area contributed by atoms with Gasteiger partial charge in [-0.05, 0) is 74.0 Å². The van der Waals surface area contributed by atoms with Crippen LogP contribution in [-0.4, -0.2) is 64.4 Å². The van der Waals surface area contributed by atoms with Crippen LogP contribution in [0.1, 0.15) is 31.2 Å². The van der Waals surface area contributed by atoms with Gasteiger partial charge in [0, 0.05) is 41.1 Å². The van der Waals surface area contributed by atoms with E-state index in [4.69, 9.17) is 4.74 Å². The minimum absolute atomic E-state index is 0.0214. The molecule has 3 aromatic rings. The van der Waals surface area contributed by atoms with Gasteiger partial charge >= 0.3 is 5.97 Å². The summed E-state index contributed by atoms with van der Waals surface area (Å²) in [5.41, 5.74) is 0.842. The van der Waals surface area contributed by atoms with Gasteiger partial charge in [0.05, 0.1) is 24.5 Å². The molecule has 7 nitrogen and oxygen atoms in total. The van der Waals surface area contributed by atoms with Crippen molar-refractivity contribution in [2.24, 2.45) is 17.0 Å². The maximum absolute atomic E-state index is 14.9. The molecule has 0 radical (unpaired) electrons. The molecule has 0 saturated carbocycles. The Kier molecular flexibility index (Phi) is 9.68. The number of carbonyl (C=O) groups is 1. The van der Waals surface area contributed by atoms with Gasteiger partial charge in [-0.25, -0.2) is 13.2 Å². The molecule has 1 aliphatic rings. The Bertz CT molecular complexity index is 1360. The first-order valence-electron chi connectivity index (χ1n) is 12.6. The highest BCUT2D eigenvalue weighted by atomic mass is 32.2. The number of methoxy groups -OCH3 is 1. The van der Waals surface area contributed by atoms with E-state index in [1.807, 2.05) is 0 Å². The van der Waals surface area contributed by atoms with Crippen LogP contribution in [0.15, 0.2) is 52.6 Å². The molecule has 39 heavy (non-hydrogen) atoms. The minimum Gasteiger partial charge on any atom is -0.497 e. The predicted molar refractivity (Wildman–Crippen MR) is 143 cm³/mol. The Morgan fingerprint density at radius 1 is 1.18 bits per heavy atom. The molecule has 1 fully saturated rings. The van der Waals surface area contributed by atoms with Crippen LogP contribution in [0.25, 0.3) is 10.9 Å². The van der Waals surface area contributed by atoms with E-state index in [1.54, 1.807) is 18.2 Å². The molecule has 0 amide bonds. The second-order valence-corrected chi connectivity index (χ2v) is 10.7. The summed E-state index contributed by atoms with van der Waals surface area (Å²) in [6, 6.07) is 8.41. The first-order chi connectivity index (χ1) is 18.8. The summed E-state index contributed by atoms with van der Waals surface area (Å²) in [5, 5.41) is 23.2. The third-order valence-electron chi connectivity index (χ3n) is 7.16. The third-order valence-corrected chi connectivity index (χ3v) is 8.17. The summed E-state index contributed by atoms with van der Waals surface area (Å²) >= 11 is 1.22. The van der Waals surface area contributed by atoms with E-state index in [2.05, 4.69) is 15.0 Å². The van der Waals surface area contributed by atoms with Crippen LogP contribution >= 0.6 is 11.8 Å². The van der Waals surface area contributed by atoms with Crippen molar-refractivity contribution < 1.29 is 33.0 Å². The molecule has 11 heteroatoms. The van der Waals surface area contributed by atoms with Crippen molar-refractivity contribution in [3.05, 3.63) is 65.6 Å². The standard InChI is InChI=1S/C28H30F3N3O4S/c1-38-20-4-7-24-21(14-20)28(23(31)15-32-24)25(33-37)6-2-17-8-9-34(16-18(17)12-27(35)36)10-11-39-26-13-19(29)3-5-22(26)30/h3-5,7,13-15,17-18,37H,2,6,8-12,16H2,1H3,(H,35,36)/b33-25-. The van der Waals surface area contributed by atoms with Gasteiger partial charge in [-0.15, -0.1) is 11.8 Å². The molecule has 2 atom stereocenters. The lowest BCUT2D eigenvalue weighted by molar-refractivity contribution is -0.139. The van der Waals surface area contributed by atoms with Crippen molar-refractivity contribution >= 4 is 34.3 Å². The smallest absolute Gasteiger partial charge is 0.303 e. The molecule has 2 unspecified atom stereocenters. The zero-order chi connectivity index (χ0) is 27.9. The van der Waals surface area contributed by atoms with Gasteiger partial charge in [0.15, 0.2) is 5.82 Å². The largest absolute Gasteiger partial charge is 0.497 e. The number of thioether (sulfide) groups is 1. The predicted octanol–water partition coefficient (Wildman–Crippen LogP) is 5.82. The number of carboxylic acids is 1. The molecule has 208 valence electrons. The van der Waals surface area contributed by atoms with E-state index < -0.39 is 23.4 Å². The molecular formula is C28H30F3N3O4S. The first kappa shape index (κ1) is 28.7. The average molecular weight is 562 g/mol. The van der Waals surface area contributed by atoms with E-state index in [-0.39, 0.29) is 40.8 Å². The summed E-state index contributed by atoms with van der Waals surface area (Å²) in [4.78, 5) is 18.1. The summed E-state index contributed by atoms with van der Waals surface area (Å²) in [6.07, 6.45) is 2.54. The number of nitrogens with zero attached hydrogens (tertiary/aromatic N) is 3. The lowest BCUT2D eigenvalue weighted by Gasteiger charge is -2.38. The molecule has 2 N–H and O–H groups in total. The van der Waals surface area contributed by atoms with Gasteiger partial charge in [-0.3, -0.25) is 9.78 Å². The number of ether oxygens (including phenoxy) is 1. The zero-order valence-electron chi connectivity index (χ0n) is 21.4. The number of hydrogen-bond acceptors (Lipinski definition) is 7. The number of benzene rings is 2. The van der Waals surface area contributed by atoms with E-state index in [0.29, 0.717) is 54.9 Å². The fraction of sp³-hybridized carbons (Fsp3) is 0.393. The van der Waals surface area contributed by atoms with Gasteiger partial charge in [0.25, 0.3) is 0 Å². The van der Waals surface area contributed by atoms with Crippen LogP contribution in [-0.2, 0) is 4.79 Å². The normalized spacial score (nSPS) is 18.4. The Balaban J connectivity index is 1.41. The topological polar surface area (TPSA) is 95.2 Å². The van der Waals surface area contributed by atoms with E-state index in [1.165, 1.54) is 24.9 Å². The quantitative estimate of drug-likeness (QED) is 0.132. The van der Waals surface area contributed by atoms with E-state index in [9.17, 15) is 28.3 Å². The molecular weight excluding hydrogens is 531 g/mol. The number of fused-ring (bicyclic) bond motifs is 1. The lowest BCUT2D eigenvalue weighted by atomic mass is 9.79. The van der Waals surface area contributed by atoms with Gasteiger partial charge in [-0.1, -0.05) is 5.16 Å². The van der Waals surface area contributed by atoms with Gasteiger partial charge < -0.3 is 20.0 Å². The number of hydrogen-bond donors (Lipinski definition) is 2. The number of aliphatic carboxylic acids is 1. The number of likely N-dealkylation sites (tertiary alicyclic amines) is 1. The average Bonchev–Trinajstić information content (AvgIpc) is 2.92. The van der Waals surface area contributed by atoms with E-state index >= 15 is 0 Å². The molecule has 0 aliphatic carbocycles. The fourth-order valence-electron chi connectivity index (χ4n) is 5.18. The molecule has 1 aromatic heterocycles. The van der Waals surface area contributed by atoms with Gasteiger partial charge in [-0.2, -0.15) is 0 Å². The number of carboxylic acid groups (broad SMARTS) is 1. The first-order valence-corrected chi connectivity index (χ1v) is 13.6. The van der Waals surface area contributed by atoms with Crippen molar-refractivity contribution in [2.75, 3.05) is 32.5 Å². The van der Waals surface area contributed by atoms with Crippen molar-refractivity contribution in [1.29, 1.82) is 0 Å². The number of oxime groups is 1. The Morgan fingerprint density at radius 2 is 2.00 bits per heavy atom. The van der Waals surface area contributed by atoms with Crippen LogP contribution < -0.4 is 4.74 Å². The Labute approximate surface area is 228 Å². The molecule has 4 rings (SSSR count). The Hall–Kier alpha value is -3.31. The molecule has 1 aliphatic heterocycles. The van der Waals surface area contributed by atoms with Crippen molar-refractivity contribution in [3.8, 4) is 5.75 Å².